The lowest BCUT2D eigenvalue weighted by atomic mass is 10.2. The van der Waals surface area contributed by atoms with Crippen LogP contribution in [0.25, 0.3) is 0 Å². The summed E-state index contributed by atoms with van der Waals surface area (Å²) < 4.78 is 45.5. The highest BCUT2D eigenvalue weighted by Gasteiger charge is 2.17. The monoisotopic (exact) mass is 434 g/mol. The first kappa shape index (κ1) is 20.6. The normalized spacial score (nSPS) is 11.0. The second kappa shape index (κ2) is 8.50. The van der Waals surface area contributed by atoms with E-state index < -0.39 is 21.7 Å². The largest absolute Gasteiger partial charge is 0.497 e. The number of benzene rings is 3. The molecule has 3 aromatic rings. The van der Waals surface area contributed by atoms with Gasteiger partial charge in [-0.1, -0.05) is 17.7 Å². The zero-order chi connectivity index (χ0) is 21.0. The van der Waals surface area contributed by atoms with Gasteiger partial charge in [0, 0.05) is 17.3 Å². The molecule has 0 aliphatic heterocycles. The Morgan fingerprint density at radius 2 is 1.76 bits per heavy atom. The number of sulfonamides is 1. The maximum absolute atomic E-state index is 13.0. The summed E-state index contributed by atoms with van der Waals surface area (Å²) in [5.74, 6) is -0.443. The highest BCUT2D eigenvalue weighted by Crippen LogP contribution is 2.27. The molecule has 0 aliphatic rings. The number of carbonyl (C=O) groups is 1. The number of nitrogens with one attached hydrogen (secondary N) is 2. The molecule has 0 saturated heterocycles. The first-order chi connectivity index (χ1) is 13.8. The average molecular weight is 435 g/mol. The van der Waals surface area contributed by atoms with E-state index in [1.165, 1.54) is 25.3 Å². The van der Waals surface area contributed by atoms with Gasteiger partial charge in [-0.3, -0.25) is 9.52 Å². The SMILES string of the molecule is COc1cccc(NC(=O)c2ccc(Cl)c(NS(=O)(=O)c3ccc(F)cc3)c2)c1. The number of carbonyl (C=O) groups excluding carboxylic acids is 1. The molecule has 2 N–H and O–H groups in total. The minimum Gasteiger partial charge on any atom is -0.497 e. The van der Waals surface area contributed by atoms with Crippen LogP contribution in [-0.2, 0) is 10.0 Å². The van der Waals surface area contributed by atoms with Crippen LogP contribution in [0.1, 0.15) is 10.4 Å². The van der Waals surface area contributed by atoms with Crippen molar-refractivity contribution in [3.8, 4) is 5.75 Å². The van der Waals surface area contributed by atoms with Gasteiger partial charge in [0.2, 0.25) is 0 Å². The fourth-order valence-electron chi connectivity index (χ4n) is 2.47. The number of ether oxygens (including phenoxy) is 1. The van der Waals surface area contributed by atoms with Crippen molar-refractivity contribution in [2.24, 2.45) is 0 Å². The molecule has 6 nitrogen and oxygen atoms in total. The Labute approximate surface area is 172 Å². The topological polar surface area (TPSA) is 84.5 Å². The Morgan fingerprint density at radius 1 is 1.03 bits per heavy atom. The number of halogens is 2. The summed E-state index contributed by atoms with van der Waals surface area (Å²) >= 11 is 6.08. The molecule has 9 heteroatoms. The summed E-state index contributed by atoms with van der Waals surface area (Å²) in [5, 5.41) is 2.80. The Kier molecular flexibility index (Phi) is 6.05. The van der Waals surface area contributed by atoms with E-state index in [1.54, 1.807) is 24.3 Å². The number of hydrogen-bond donors (Lipinski definition) is 2. The Bertz CT molecular complexity index is 1150. The summed E-state index contributed by atoms with van der Waals surface area (Å²) in [6.07, 6.45) is 0. The summed E-state index contributed by atoms with van der Waals surface area (Å²) in [6, 6.07) is 15.3. The van der Waals surface area contributed by atoms with Gasteiger partial charge in [-0.25, -0.2) is 12.8 Å². The van der Waals surface area contributed by atoms with Crippen LogP contribution >= 0.6 is 11.6 Å². The molecule has 3 rings (SSSR count). The molecule has 0 heterocycles. The van der Waals surface area contributed by atoms with E-state index in [4.69, 9.17) is 16.3 Å². The summed E-state index contributed by atoms with van der Waals surface area (Å²) in [7, 11) is -2.50. The summed E-state index contributed by atoms with van der Waals surface area (Å²) in [5.41, 5.74) is 0.723. The van der Waals surface area contributed by atoms with E-state index >= 15 is 0 Å². The lowest BCUT2D eigenvalue weighted by Crippen LogP contribution is -2.15. The number of anilines is 2. The van der Waals surface area contributed by atoms with Crippen LogP contribution in [0.15, 0.2) is 71.6 Å². The van der Waals surface area contributed by atoms with Crippen molar-refractivity contribution in [3.05, 3.63) is 83.1 Å². The molecule has 29 heavy (non-hydrogen) atoms. The molecule has 0 aromatic heterocycles. The molecule has 0 bridgehead atoms. The first-order valence-electron chi connectivity index (χ1n) is 8.32. The van der Waals surface area contributed by atoms with Crippen molar-refractivity contribution in [2.45, 2.75) is 4.90 Å². The number of amides is 1. The summed E-state index contributed by atoms with van der Waals surface area (Å²) in [4.78, 5) is 12.4. The Hall–Kier alpha value is -3.10. The molecule has 0 saturated carbocycles. The van der Waals surface area contributed by atoms with Gasteiger partial charge in [0.05, 0.1) is 22.7 Å². The fraction of sp³-hybridized carbons (Fsp3) is 0.0500. The van der Waals surface area contributed by atoms with Crippen LogP contribution < -0.4 is 14.8 Å². The van der Waals surface area contributed by atoms with Crippen molar-refractivity contribution >= 4 is 38.9 Å². The maximum Gasteiger partial charge on any atom is 0.261 e. The molecule has 0 atom stereocenters. The third-order valence-corrected chi connectivity index (χ3v) is 5.64. The van der Waals surface area contributed by atoms with Crippen molar-refractivity contribution in [1.82, 2.24) is 0 Å². The number of rotatable bonds is 6. The third-order valence-electron chi connectivity index (χ3n) is 3.92. The second-order valence-corrected chi connectivity index (χ2v) is 8.03. The highest BCUT2D eigenvalue weighted by atomic mass is 35.5. The average Bonchev–Trinajstić information content (AvgIpc) is 2.70. The quantitative estimate of drug-likeness (QED) is 0.596. The lowest BCUT2D eigenvalue weighted by Gasteiger charge is -2.12. The van der Waals surface area contributed by atoms with Crippen molar-refractivity contribution in [1.29, 1.82) is 0 Å². The minimum absolute atomic E-state index is 0.0225. The van der Waals surface area contributed by atoms with Crippen molar-refractivity contribution in [3.63, 3.8) is 0 Å². The Morgan fingerprint density at radius 3 is 2.45 bits per heavy atom. The van der Waals surface area contributed by atoms with Crippen LogP contribution in [0.5, 0.6) is 5.75 Å². The molecule has 0 aliphatic carbocycles. The lowest BCUT2D eigenvalue weighted by molar-refractivity contribution is 0.102. The molecule has 0 fully saturated rings. The van der Waals surface area contributed by atoms with Gasteiger partial charge < -0.3 is 10.1 Å². The smallest absolute Gasteiger partial charge is 0.261 e. The van der Waals surface area contributed by atoms with E-state index in [0.29, 0.717) is 11.4 Å². The van der Waals surface area contributed by atoms with Crippen molar-refractivity contribution < 1.29 is 22.3 Å². The zero-order valence-electron chi connectivity index (χ0n) is 15.1. The molecule has 0 radical (unpaired) electrons. The van der Waals surface area contributed by atoms with Crippen LogP contribution in [0.2, 0.25) is 5.02 Å². The van der Waals surface area contributed by atoms with Crippen LogP contribution in [0.3, 0.4) is 0 Å². The number of methoxy groups -OCH3 is 1. The van der Waals surface area contributed by atoms with Crippen molar-refractivity contribution in [2.75, 3.05) is 17.1 Å². The first-order valence-corrected chi connectivity index (χ1v) is 10.2. The standard InChI is InChI=1S/C20H16ClFN2O4S/c1-28-16-4-2-3-15(12-16)23-20(25)13-5-10-18(21)19(11-13)24-29(26,27)17-8-6-14(22)7-9-17/h2-12,24H,1H3,(H,23,25). The molecule has 0 unspecified atom stereocenters. The molecular formula is C20H16ClFN2O4S. The van der Waals surface area contributed by atoms with Gasteiger partial charge in [0.25, 0.3) is 15.9 Å². The Balaban J connectivity index is 1.83. The third kappa shape index (κ3) is 5.04. The highest BCUT2D eigenvalue weighted by molar-refractivity contribution is 7.92. The minimum atomic E-state index is -4.01. The predicted octanol–water partition coefficient (Wildman–Crippen LogP) is 4.54. The fourth-order valence-corrected chi connectivity index (χ4v) is 3.76. The van der Waals surface area contributed by atoms with Gasteiger partial charge in [-0.2, -0.15) is 0 Å². The predicted molar refractivity (Wildman–Crippen MR) is 110 cm³/mol. The molecule has 1 amide bonds. The van der Waals surface area contributed by atoms with E-state index in [-0.39, 0.29) is 21.2 Å². The second-order valence-electron chi connectivity index (χ2n) is 5.94. The van der Waals surface area contributed by atoms with Gasteiger partial charge in [0.1, 0.15) is 11.6 Å². The zero-order valence-corrected chi connectivity index (χ0v) is 16.7. The maximum atomic E-state index is 13.0. The molecule has 150 valence electrons. The van der Waals surface area contributed by atoms with E-state index in [1.807, 2.05) is 0 Å². The van der Waals surface area contributed by atoms with E-state index in [9.17, 15) is 17.6 Å². The van der Waals surface area contributed by atoms with Crippen LogP contribution in [0.4, 0.5) is 15.8 Å². The molecule has 3 aromatic carbocycles. The van der Waals surface area contributed by atoms with Crippen LogP contribution in [0, 0.1) is 5.82 Å². The van der Waals surface area contributed by atoms with Crippen LogP contribution in [-0.4, -0.2) is 21.4 Å². The van der Waals surface area contributed by atoms with Gasteiger partial charge in [-0.15, -0.1) is 0 Å². The van der Waals surface area contributed by atoms with E-state index in [0.717, 1.165) is 24.3 Å². The molecular weight excluding hydrogens is 419 g/mol. The van der Waals surface area contributed by atoms with E-state index in [2.05, 4.69) is 10.0 Å². The van der Waals surface area contributed by atoms with Gasteiger partial charge in [0.15, 0.2) is 0 Å². The number of hydrogen-bond acceptors (Lipinski definition) is 4. The van der Waals surface area contributed by atoms with Gasteiger partial charge >= 0.3 is 0 Å². The summed E-state index contributed by atoms with van der Waals surface area (Å²) in [6.45, 7) is 0. The molecule has 0 spiro atoms. The van der Waals surface area contributed by atoms with Gasteiger partial charge in [-0.05, 0) is 54.6 Å².